The van der Waals surface area contributed by atoms with Crippen molar-refractivity contribution in [3.05, 3.63) is 59.4 Å². The molecule has 0 unspecified atom stereocenters. The van der Waals surface area contributed by atoms with E-state index in [4.69, 9.17) is 0 Å². The van der Waals surface area contributed by atoms with Crippen LogP contribution in [0.1, 0.15) is 47.8 Å². The molecule has 1 amide bonds. The van der Waals surface area contributed by atoms with E-state index in [1.54, 1.807) is 12.3 Å². The minimum absolute atomic E-state index is 0.131. The van der Waals surface area contributed by atoms with Crippen LogP contribution in [0.4, 0.5) is 5.69 Å². The van der Waals surface area contributed by atoms with Crippen molar-refractivity contribution in [1.29, 1.82) is 0 Å². The molecule has 3 heteroatoms. The monoisotopic (exact) mass is 268 g/mol. The molecule has 0 spiro atoms. The molecule has 1 atom stereocenters. The highest BCUT2D eigenvalue weighted by Crippen LogP contribution is 2.20. The molecular formula is C17H20N2O. The van der Waals surface area contributed by atoms with Crippen LogP contribution in [0.5, 0.6) is 0 Å². The van der Waals surface area contributed by atoms with Crippen molar-refractivity contribution < 1.29 is 4.79 Å². The van der Waals surface area contributed by atoms with Gasteiger partial charge < -0.3 is 5.32 Å². The van der Waals surface area contributed by atoms with E-state index >= 15 is 0 Å². The molecule has 2 rings (SSSR count). The summed E-state index contributed by atoms with van der Waals surface area (Å²) in [5.41, 5.74) is 3.58. The molecule has 0 bridgehead atoms. The number of nitrogens with zero attached hydrogens (tertiary/aromatic N) is 1. The van der Waals surface area contributed by atoms with Crippen molar-refractivity contribution in [3.63, 3.8) is 0 Å². The molecule has 1 N–H and O–H groups in total. The van der Waals surface area contributed by atoms with Crippen LogP contribution < -0.4 is 5.32 Å². The quantitative estimate of drug-likeness (QED) is 0.904. The first-order chi connectivity index (χ1) is 9.60. The van der Waals surface area contributed by atoms with E-state index in [1.165, 1.54) is 5.56 Å². The van der Waals surface area contributed by atoms with E-state index < -0.39 is 0 Å². The molecule has 3 nitrogen and oxygen atoms in total. The van der Waals surface area contributed by atoms with E-state index in [9.17, 15) is 4.79 Å². The fraction of sp³-hybridized carbons (Fsp3) is 0.294. The Hall–Kier alpha value is -2.16. The number of carbonyl (C=O) groups excluding carboxylic acids is 1. The van der Waals surface area contributed by atoms with E-state index in [-0.39, 0.29) is 5.91 Å². The van der Waals surface area contributed by atoms with Gasteiger partial charge in [0.25, 0.3) is 5.91 Å². The molecule has 1 heterocycles. The first-order valence-electron chi connectivity index (χ1n) is 6.94. The van der Waals surface area contributed by atoms with Gasteiger partial charge in [-0.3, -0.25) is 9.78 Å². The van der Waals surface area contributed by atoms with Gasteiger partial charge in [0, 0.05) is 17.6 Å². The largest absolute Gasteiger partial charge is 0.322 e. The van der Waals surface area contributed by atoms with Crippen molar-refractivity contribution in [1.82, 2.24) is 4.98 Å². The lowest BCUT2D eigenvalue weighted by atomic mass is 9.98. The summed E-state index contributed by atoms with van der Waals surface area (Å²) in [5.74, 6) is 0.412. The average molecular weight is 268 g/mol. The first kappa shape index (κ1) is 14.3. The van der Waals surface area contributed by atoms with Gasteiger partial charge in [0.05, 0.1) is 5.56 Å². The number of amides is 1. The number of anilines is 1. The Morgan fingerprint density at radius 3 is 2.45 bits per heavy atom. The molecule has 0 radical (unpaired) electrons. The predicted molar refractivity (Wildman–Crippen MR) is 82.1 cm³/mol. The highest BCUT2D eigenvalue weighted by Gasteiger charge is 2.07. The number of hydrogen-bond donors (Lipinski definition) is 1. The van der Waals surface area contributed by atoms with E-state index in [2.05, 4.69) is 36.3 Å². The summed E-state index contributed by atoms with van der Waals surface area (Å²) in [6.07, 6.45) is 2.71. The van der Waals surface area contributed by atoms with Crippen LogP contribution in [0.3, 0.4) is 0 Å². The lowest BCUT2D eigenvalue weighted by molar-refractivity contribution is 0.102. The Kier molecular flexibility index (Phi) is 4.51. The second-order valence-corrected chi connectivity index (χ2v) is 5.07. The van der Waals surface area contributed by atoms with Crippen LogP contribution in [0.25, 0.3) is 0 Å². The predicted octanol–water partition coefficient (Wildman–Crippen LogP) is 4.16. The molecule has 0 saturated heterocycles. The maximum Gasteiger partial charge on any atom is 0.257 e. The van der Waals surface area contributed by atoms with Crippen LogP contribution in [0.2, 0.25) is 0 Å². The number of carbonyl (C=O) groups is 1. The summed E-state index contributed by atoms with van der Waals surface area (Å²) in [6.45, 7) is 6.27. The number of rotatable bonds is 4. The van der Waals surface area contributed by atoms with E-state index in [0.717, 1.165) is 17.8 Å². The van der Waals surface area contributed by atoms with Gasteiger partial charge in [0.1, 0.15) is 0 Å². The van der Waals surface area contributed by atoms with Crippen molar-refractivity contribution in [2.24, 2.45) is 0 Å². The molecule has 104 valence electrons. The van der Waals surface area contributed by atoms with Gasteiger partial charge in [-0.05, 0) is 49.1 Å². The number of hydrogen-bond acceptors (Lipinski definition) is 2. The smallest absolute Gasteiger partial charge is 0.257 e. The Balaban J connectivity index is 2.06. The minimum atomic E-state index is -0.131. The third kappa shape index (κ3) is 3.44. The average Bonchev–Trinajstić information content (AvgIpc) is 2.48. The molecular weight excluding hydrogens is 248 g/mol. The van der Waals surface area contributed by atoms with Crippen molar-refractivity contribution >= 4 is 11.6 Å². The number of pyridine rings is 1. The summed E-state index contributed by atoms with van der Waals surface area (Å²) < 4.78 is 0. The molecule has 0 saturated carbocycles. The fourth-order valence-corrected chi connectivity index (χ4v) is 1.94. The maximum absolute atomic E-state index is 12.0. The number of nitrogens with one attached hydrogen (secondary N) is 1. The summed E-state index contributed by atoms with van der Waals surface area (Å²) in [4.78, 5) is 16.2. The molecule has 2 aromatic rings. The molecule has 0 aliphatic carbocycles. The number of aromatic nitrogens is 1. The van der Waals surface area contributed by atoms with Gasteiger partial charge >= 0.3 is 0 Å². The van der Waals surface area contributed by atoms with Crippen LogP contribution in [0, 0.1) is 6.92 Å². The van der Waals surface area contributed by atoms with E-state index in [1.807, 2.05) is 25.1 Å². The third-order valence-corrected chi connectivity index (χ3v) is 3.52. The summed E-state index contributed by atoms with van der Waals surface area (Å²) in [7, 11) is 0. The SMILES string of the molecule is CC[C@@H](C)c1ccc(NC(=O)c2ccc(C)nc2)cc1. The van der Waals surface area contributed by atoms with Crippen LogP contribution in [0.15, 0.2) is 42.6 Å². The summed E-state index contributed by atoms with van der Waals surface area (Å²) in [5, 5.41) is 2.88. The van der Waals surface area contributed by atoms with Gasteiger partial charge in [-0.15, -0.1) is 0 Å². The van der Waals surface area contributed by atoms with Crippen molar-refractivity contribution in [2.45, 2.75) is 33.1 Å². The Morgan fingerprint density at radius 2 is 1.90 bits per heavy atom. The third-order valence-electron chi connectivity index (χ3n) is 3.52. The molecule has 20 heavy (non-hydrogen) atoms. The van der Waals surface area contributed by atoms with Crippen molar-refractivity contribution in [2.75, 3.05) is 5.32 Å². The topological polar surface area (TPSA) is 42.0 Å². The number of benzene rings is 1. The highest BCUT2D eigenvalue weighted by molar-refractivity contribution is 6.04. The van der Waals surface area contributed by atoms with Crippen LogP contribution >= 0.6 is 0 Å². The van der Waals surface area contributed by atoms with Gasteiger partial charge in [0.15, 0.2) is 0 Å². The normalized spacial score (nSPS) is 11.9. The van der Waals surface area contributed by atoms with Gasteiger partial charge in [-0.25, -0.2) is 0 Å². The summed E-state index contributed by atoms with van der Waals surface area (Å²) in [6, 6.07) is 11.6. The molecule has 1 aromatic heterocycles. The standard InChI is InChI=1S/C17H20N2O/c1-4-12(2)14-7-9-16(10-8-14)19-17(20)15-6-5-13(3)18-11-15/h5-12H,4H2,1-3H3,(H,19,20)/t12-/m1/s1. The highest BCUT2D eigenvalue weighted by atomic mass is 16.1. The van der Waals surface area contributed by atoms with Crippen LogP contribution in [-0.2, 0) is 0 Å². The van der Waals surface area contributed by atoms with Gasteiger partial charge in [-0.1, -0.05) is 26.0 Å². The lowest BCUT2D eigenvalue weighted by Crippen LogP contribution is -2.12. The second kappa shape index (κ2) is 6.33. The summed E-state index contributed by atoms with van der Waals surface area (Å²) >= 11 is 0. The van der Waals surface area contributed by atoms with Gasteiger partial charge in [-0.2, -0.15) is 0 Å². The maximum atomic E-state index is 12.0. The molecule has 1 aromatic carbocycles. The van der Waals surface area contributed by atoms with E-state index in [0.29, 0.717) is 11.5 Å². The molecule has 0 aliphatic rings. The van der Waals surface area contributed by atoms with Crippen LogP contribution in [-0.4, -0.2) is 10.9 Å². The Morgan fingerprint density at radius 1 is 1.20 bits per heavy atom. The molecule has 0 aliphatic heterocycles. The first-order valence-corrected chi connectivity index (χ1v) is 6.94. The minimum Gasteiger partial charge on any atom is -0.322 e. The zero-order chi connectivity index (χ0) is 14.5. The van der Waals surface area contributed by atoms with Gasteiger partial charge in [0.2, 0.25) is 0 Å². The Bertz CT molecular complexity index is 573. The van der Waals surface area contributed by atoms with Crippen molar-refractivity contribution in [3.8, 4) is 0 Å². The molecule has 0 fully saturated rings. The zero-order valence-corrected chi connectivity index (χ0v) is 12.2. The lowest BCUT2D eigenvalue weighted by Gasteiger charge is -2.10. The Labute approximate surface area is 120 Å². The zero-order valence-electron chi connectivity index (χ0n) is 12.2. The number of aryl methyl sites for hydroxylation is 1. The fourth-order valence-electron chi connectivity index (χ4n) is 1.94. The second-order valence-electron chi connectivity index (χ2n) is 5.07.